The number of fused-ring (bicyclic) bond motifs is 8. The Bertz CT molecular complexity index is 2720. The fourth-order valence-corrected chi connectivity index (χ4v) is 7.32. The Morgan fingerprint density at radius 1 is 0.477 bits per heavy atom. The molecule has 44 heavy (non-hydrogen) atoms. The van der Waals surface area contributed by atoms with Gasteiger partial charge in [-0.25, -0.2) is 0 Å². The monoisotopic (exact) mass is 634 g/mol. The summed E-state index contributed by atoms with van der Waals surface area (Å²) >= 11 is 0. The molecule has 0 aliphatic heterocycles. The number of hydrogen-bond acceptors (Lipinski definition) is 10. The first-order valence-corrected chi connectivity index (χ1v) is 15.4. The normalized spacial score (nSPS) is 12.8. The third kappa shape index (κ3) is 3.60. The first kappa shape index (κ1) is 27.7. The molecule has 0 aliphatic carbocycles. The van der Waals surface area contributed by atoms with Crippen LogP contribution >= 0.6 is 0 Å². The van der Waals surface area contributed by atoms with E-state index in [4.69, 9.17) is 0 Å². The van der Waals surface area contributed by atoms with Crippen LogP contribution in [-0.4, -0.2) is 26.8 Å². The summed E-state index contributed by atoms with van der Waals surface area (Å²) in [4.78, 5) is 59.0. The Morgan fingerprint density at radius 2 is 0.795 bits per heavy atom. The van der Waals surface area contributed by atoms with Crippen molar-refractivity contribution < 1.29 is 37.2 Å². The van der Waals surface area contributed by atoms with E-state index in [9.17, 15) is 36.0 Å². The van der Waals surface area contributed by atoms with Crippen LogP contribution in [0.4, 0.5) is 0 Å². The van der Waals surface area contributed by atoms with Gasteiger partial charge in [0.1, 0.15) is 9.79 Å². The van der Waals surface area contributed by atoms with E-state index in [1.54, 1.807) is 12.1 Å². The first-order chi connectivity index (χ1) is 20.9. The summed E-state index contributed by atoms with van der Waals surface area (Å²) in [5, 5.41) is -1.05. The third-order valence-corrected chi connectivity index (χ3v) is 10.0. The van der Waals surface area contributed by atoms with Gasteiger partial charge in [0.2, 0.25) is 0 Å². The molecule has 7 aromatic rings. The predicted molar refractivity (Wildman–Crippen MR) is 159 cm³/mol. The molecule has 0 bridgehead atoms. The largest absolute Gasteiger partial charge is 0.350 e. The molecule has 0 amide bonds. The topological polar surface area (TPSA) is 242 Å². The smallest absolute Gasteiger partial charge is 0.344 e. The highest BCUT2D eigenvalue weighted by Gasteiger charge is 2.29. The second kappa shape index (κ2) is 9.20. The van der Waals surface area contributed by atoms with Crippen LogP contribution in [0.2, 0.25) is 0 Å². The molecule has 0 atom stereocenters. The molecule has 8 N–H and O–H groups in total. The Labute approximate surface area is 243 Å². The van der Waals surface area contributed by atoms with Gasteiger partial charge in [-0.2, -0.15) is 28.6 Å². The second-order valence-corrected chi connectivity index (χ2v) is 13.1. The van der Waals surface area contributed by atoms with Crippen LogP contribution in [0.25, 0.3) is 65.2 Å². The molecule has 0 saturated carbocycles. The molecule has 16 heteroatoms. The predicted octanol–water partition coefficient (Wildman–Crippen LogP) is -0.135. The lowest BCUT2D eigenvalue weighted by atomic mass is 9.99. The van der Waals surface area contributed by atoms with E-state index in [1.807, 2.05) is 0 Å². The Hall–Kier alpha value is -5.10. The van der Waals surface area contributed by atoms with E-state index in [0.717, 1.165) is 12.1 Å². The van der Waals surface area contributed by atoms with Crippen LogP contribution in [0.1, 0.15) is 0 Å². The lowest BCUT2D eigenvalue weighted by Crippen LogP contribution is -2.51. The Morgan fingerprint density at radius 3 is 1.11 bits per heavy atom. The number of aromatic nitrogens is 2. The fraction of sp³-hybridized carbons (Fsp3) is 0. The zero-order valence-electron chi connectivity index (χ0n) is 22.1. The quantitative estimate of drug-likeness (QED) is 0.113. The minimum Gasteiger partial charge on any atom is -0.350 e. The van der Waals surface area contributed by atoms with Crippen LogP contribution in [0, 0.1) is 0 Å². The van der Waals surface area contributed by atoms with E-state index in [2.05, 4.69) is 30.3 Å². The maximum absolute atomic E-state index is 13.8. The van der Waals surface area contributed by atoms with Crippen molar-refractivity contribution in [1.82, 2.24) is 9.97 Å². The van der Waals surface area contributed by atoms with Crippen LogP contribution in [-0.2, 0) is 28.8 Å². The molecular formula is C28H18N4O10S2+2. The Kier molecular flexibility index (Phi) is 5.79. The number of quaternary nitrogens is 2. The molecule has 0 unspecified atom stereocenters. The van der Waals surface area contributed by atoms with E-state index in [0.29, 0.717) is 0 Å². The fourth-order valence-electron chi connectivity index (χ4n) is 5.73. The van der Waals surface area contributed by atoms with Gasteiger partial charge in [0.05, 0.1) is 32.8 Å². The van der Waals surface area contributed by atoms with Crippen LogP contribution in [0.15, 0.2) is 89.6 Å². The van der Waals surface area contributed by atoms with Gasteiger partial charge in [-0.3, -0.25) is 19.2 Å². The van der Waals surface area contributed by atoms with E-state index >= 15 is 0 Å². The molecule has 0 radical (unpaired) electrons. The average Bonchev–Trinajstić information content (AvgIpc) is 3.03. The standard InChI is InChI=1S/C28H16N4O10S2/c29-41-43(37,38)17-9-15-19(27(35)13-7-3-1-5-11(13)25(15)33)23-21(17)32-24-20-16(10-18(22(24)31-23)44(39,40)42-30)26(34)12-6-2-4-8-14(12)28(20)36/h1-10H,29-30H3/p+2. The summed E-state index contributed by atoms with van der Waals surface area (Å²) in [6.45, 7) is 0. The van der Waals surface area contributed by atoms with Crippen molar-refractivity contribution in [3.05, 3.63) is 102 Å². The molecule has 220 valence electrons. The molecule has 6 aromatic carbocycles. The number of benzene rings is 6. The summed E-state index contributed by atoms with van der Waals surface area (Å²) in [7, 11) is -9.43. The van der Waals surface area contributed by atoms with E-state index in [1.165, 1.54) is 36.4 Å². The van der Waals surface area contributed by atoms with Gasteiger partial charge in [-0.1, -0.05) is 57.1 Å². The van der Waals surface area contributed by atoms with Crippen molar-refractivity contribution in [1.29, 1.82) is 0 Å². The van der Waals surface area contributed by atoms with Gasteiger partial charge in [-0.15, -0.1) is 0 Å². The Balaban J connectivity index is 1.88. The van der Waals surface area contributed by atoms with Gasteiger partial charge < -0.3 is 9.97 Å². The first-order valence-electron chi connectivity index (χ1n) is 12.6. The minimum atomic E-state index is -4.71. The van der Waals surface area contributed by atoms with Gasteiger partial charge in [-0.05, 0) is 12.1 Å². The average molecular weight is 635 g/mol. The summed E-state index contributed by atoms with van der Waals surface area (Å²) in [6.07, 6.45) is 0. The zero-order valence-corrected chi connectivity index (χ0v) is 23.7. The van der Waals surface area contributed by atoms with Gasteiger partial charge in [0.15, 0.2) is 21.7 Å². The van der Waals surface area contributed by atoms with Crippen LogP contribution in [0.3, 0.4) is 0 Å². The van der Waals surface area contributed by atoms with Gasteiger partial charge in [0.25, 0.3) is 0 Å². The summed E-state index contributed by atoms with van der Waals surface area (Å²) in [6, 6.07) is 13.7. The molecule has 0 spiro atoms. The van der Waals surface area contributed by atoms with Crippen molar-refractivity contribution in [2.24, 2.45) is 0 Å². The minimum absolute atomic E-state index is 0.0265. The highest BCUT2D eigenvalue weighted by molar-refractivity contribution is 7.87. The molecule has 1 aromatic heterocycles. The molecule has 0 saturated heterocycles. The number of H-pyrrole nitrogens is 2. The van der Waals surface area contributed by atoms with Crippen molar-refractivity contribution in [3.63, 3.8) is 0 Å². The number of nitrogens with one attached hydrogen (secondary N) is 2. The molecule has 0 aliphatic rings. The highest BCUT2D eigenvalue weighted by Crippen LogP contribution is 2.34. The van der Waals surface area contributed by atoms with Crippen LogP contribution < -0.4 is 33.5 Å². The maximum Gasteiger partial charge on any atom is 0.344 e. The third-order valence-electron chi connectivity index (χ3n) is 7.71. The lowest BCUT2D eigenvalue weighted by Gasteiger charge is -2.14. The molecule has 0 fully saturated rings. The maximum atomic E-state index is 13.8. The van der Waals surface area contributed by atoms with Crippen molar-refractivity contribution in [3.8, 4) is 0 Å². The summed E-state index contributed by atoms with van der Waals surface area (Å²) in [5.41, 5.74) is -3.99. The zero-order chi connectivity index (χ0) is 31.3. The van der Waals surface area contributed by atoms with Crippen LogP contribution in [0.5, 0.6) is 0 Å². The summed E-state index contributed by atoms with van der Waals surface area (Å²) in [5.74, 6) is 5.99. The highest BCUT2D eigenvalue weighted by atomic mass is 32.2. The SMILES string of the molecule is [NH3+]OS(=O)(=O)c1cc2c(=O)c3ccccc3c(=O)c2c2[nH]c3c(S(=O)(=O)O[NH3+])cc4c(=O)c5ccccc5c(=O)c4c3[nH]c12. The molecule has 1 heterocycles. The van der Waals surface area contributed by atoms with E-state index in [-0.39, 0.29) is 65.2 Å². The van der Waals surface area contributed by atoms with Crippen molar-refractivity contribution in [2.75, 3.05) is 0 Å². The van der Waals surface area contributed by atoms with Crippen molar-refractivity contribution >= 4 is 85.4 Å². The van der Waals surface area contributed by atoms with Crippen molar-refractivity contribution in [2.45, 2.75) is 9.79 Å². The lowest BCUT2D eigenvalue weighted by molar-refractivity contribution is -0.635. The summed E-state index contributed by atoms with van der Waals surface area (Å²) < 4.78 is 61.6. The van der Waals surface area contributed by atoms with E-state index < -0.39 is 51.7 Å². The number of rotatable bonds is 4. The van der Waals surface area contributed by atoms with Gasteiger partial charge in [0, 0.05) is 32.3 Å². The number of hydrogen-bond donors (Lipinski definition) is 4. The number of aromatic amines is 2. The second-order valence-electron chi connectivity index (χ2n) is 9.90. The molecular weight excluding hydrogens is 616 g/mol. The molecule has 14 nitrogen and oxygen atoms in total. The molecule has 7 rings (SSSR count). The van der Waals surface area contributed by atoms with Gasteiger partial charge >= 0.3 is 20.2 Å².